The van der Waals surface area contributed by atoms with Crippen molar-refractivity contribution < 1.29 is 4.79 Å². The van der Waals surface area contributed by atoms with Crippen molar-refractivity contribution in [2.24, 2.45) is 0 Å². The fourth-order valence-corrected chi connectivity index (χ4v) is 3.27. The average Bonchev–Trinajstić information content (AvgIpc) is 2.62. The van der Waals surface area contributed by atoms with Crippen LogP contribution in [0.25, 0.3) is 0 Å². The molecule has 2 aliphatic rings. The number of hydrogen-bond acceptors (Lipinski definition) is 5. The first-order valence-electron chi connectivity index (χ1n) is 8.32. The van der Waals surface area contributed by atoms with Crippen LogP contribution >= 0.6 is 0 Å². The Morgan fingerprint density at radius 2 is 2.05 bits per heavy atom. The molecule has 6 nitrogen and oxygen atoms in total. The Morgan fingerprint density at radius 3 is 2.82 bits per heavy atom. The summed E-state index contributed by atoms with van der Waals surface area (Å²) in [6, 6.07) is 2.12. The molecule has 1 N–H and O–H groups in total. The van der Waals surface area contributed by atoms with Crippen LogP contribution in [0.15, 0.2) is 12.3 Å². The van der Waals surface area contributed by atoms with Crippen LogP contribution < -0.4 is 10.2 Å². The largest absolute Gasteiger partial charge is 0.341 e. The predicted molar refractivity (Wildman–Crippen MR) is 86.1 cm³/mol. The van der Waals surface area contributed by atoms with Crippen molar-refractivity contribution in [2.75, 3.05) is 38.1 Å². The highest BCUT2D eigenvalue weighted by atomic mass is 16.2. The first-order valence-corrected chi connectivity index (χ1v) is 8.32. The Balaban J connectivity index is 1.72. The molecule has 0 aliphatic carbocycles. The molecule has 1 aromatic heterocycles. The van der Waals surface area contributed by atoms with E-state index in [1.54, 1.807) is 12.3 Å². The van der Waals surface area contributed by atoms with Crippen LogP contribution in [0.1, 0.15) is 42.6 Å². The van der Waals surface area contributed by atoms with Gasteiger partial charge in [0.15, 0.2) is 0 Å². The smallest absolute Gasteiger partial charge is 0.272 e. The van der Waals surface area contributed by atoms with E-state index in [2.05, 4.69) is 20.2 Å². The zero-order valence-electron chi connectivity index (χ0n) is 13.3. The molecule has 2 fully saturated rings. The van der Waals surface area contributed by atoms with Crippen molar-refractivity contribution in [3.05, 3.63) is 18.0 Å². The Bertz CT molecular complexity index is 515. The second kappa shape index (κ2) is 7.05. The summed E-state index contributed by atoms with van der Waals surface area (Å²) >= 11 is 0. The Labute approximate surface area is 131 Å². The van der Waals surface area contributed by atoms with Crippen molar-refractivity contribution in [2.45, 2.75) is 38.1 Å². The molecule has 2 saturated heterocycles. The van der Waals surface area contributed by atoms with Gasteiger partial charge in [0.2, 0.25) is 5.95 Å². The Hall–Kier alpha value is -1.69. The summed E-state index contributed by atoms with van der Waals surface area (Å²) in [4.78, 5) is 25.7. The molecule has 3 heterocycles. The highest BCUT2D eigenvalue weighted by Gasteiger charge is 2.25. The van der Waals surface area contributed by atoms with Crippen LogP contribution in [0.5, 0.6) is 0 Å². The minimum atomic E-state index is 0.0283. The summed E-state index contributed by atoms with van der Waals surface area (Å²) < 4.78 is 0. The summed E-state index contributed by atoms with van der Waals surface area (Å²) in [6.07, 6.45) is 7.51. The van der Waals surface area contributed by atoms with Gasteiger partial charge in [0.1, 0.15) is 5.69 Å². The zero-order valence-corrected chi connectivity index (χ0v) is 13.3. The molecule has 0 saturated carbocycles. The van der Waals surface area contributed by atoms with Crippen molar-refractivity contribution in [1.29, 1.82) is 0 Å². The molecule has 1 amide bonds. The number of hydrogen-bond donors (Lipinski definition) is 1. The molecule has 6 heteroatoms. The number of carbonyl (C=O) groups is 1. The van der Waals surface area contributed by atoms with Crippen LogP contribution in [0.2, 0.25) is 0 Å². The molecule has 0 aromatic carbocycles. The van der Waals surface area contributed by atoms with Crippen molar-refractivity contribution in [3.63, 3.8) is 0 Å². The van der Waals surface area contributed by atoms with Gasteiger partial charge in [-0.3, -0.25) is 4.79 Å². The lowest BCUT2D eigenvalue weighted by atomic mass is 10.1. The van der Waals surface area contributed by atoms with E-state index >= 15 is 0 Å². The minimum Gasteiger partial charge on any atom is -0.341 e. The van der Waals surface area contributed by atoms with Crippen molar-refractivity contribution in [3.8, 4) is 0 Å². The van der Waals surface area contributed by atoms with Crippen LogP contribution in [0.3, 0.4) is 0 Å². The number of carbonyl (C=O) groups excluding carboxylic acids is 1. The third-order valence-electron chi connectivity index (χ3n) is 4.62. The highest BCUT2D eigenvalue weighted by Crippen LogP contribution is 2.17. The quantitative estimate of drug-likeness (QED) is 0.912. The molecule has 1 aromatic rings. The van der Waals surface area contributed by atoms with Crippen LogP contribution in [0.4, 0.5) is 5.95 Å². The fourth-order valence-electron chi connectivity index (χ4n) is 3.27. The molecule has 3 rings (SSSR count). The van der Waals surface area contributed by atoms with E-state index in [0.29, 0.717) is 17.7 Å². The van der Waals surface area contributed by atoms with E-state index in [0.717, 1.165) is 39.0 Å². The molecular weight excluding hydrogens is 278 g/mol. The predicted octanol–water partition coefficient (Wildman–Crippen LogP) is 1.29. The zero-order chi connectivity index (χ0) is 15.4. The summed E-state index contributed by atoms with van der Waals surface area (Å²) in [5, 5.41) is 3.27. The molecule has 2 aliphatic heterocycles. The standard InChI is InChI=1S/C16H25N5O/c1-17-13-6-5-11-21(12-13)15(22)14-7-8-18-16(19-14)20-9-3-2-4-10-20/h7-8,13,17H,2-6,9-12H2,1H3. The third-order valence-corrected chi connectivity index (χ3v) is 4.62. The van der Waals surface area contributed by atoms with E-state index in [9.17, 15) is 4.79 Å². The molecule has 120 valence electrons. The van der Waals surface area contributed by atoms with Gasteiger partial charge in [-0.2, -0.15) is 0 Å². The number of aromatic nitrogens is 2. The number of nitrogens with one attached hydrogen (secondary N) is 1. The number of nitrogens with zero attached hydrogens (tertiary/aromatic N) is 4. The van der Waals surface area contributed by atoms with E-state index in [-0.39, 0.29) is 5.91 Å². The maximum absolute atomic E-state index is 12.7. The van der Waals surface area contributed by atoms with Crippen LogP contribution in [0, 0.1) is 0 Å². The third kappa shape index (κ3) is 3.38. The number of likely N-dealkylation sites (N-methyl/N-ethyl adjacent to an activating group) is 1. The number of piperidine rings is 2. The van der Waals surface area contributed by atoms with E-state index in [4.69, 9.17) is 0 Å². The molecular formula is C16H25N5O. The van der Waals surface area contributed by atoms with Gasteiger partial charge in [-0.25, -0.2) is 9.97 Å². The lowest BCUT2D eigenvalue weighted by Crippen LogP contribution is -2.47. The highest BCUT2D eigenvalue weighted by molar-refractivity contribution is 5.92. The Morgan fingerprint density at radius 1 is 1.23 bits per heavy atom. The summed E-state index contributed by atoms with van der Waals surface area (Å²) in [7, 11) is 1.96. The first-order chi connectivity index (χ1) is 10.8. The molecule has 1 atom stereocenters. The molecule has 0 spiro atoms. The first kappa shape index (κ1) is 15.2. The van der Waals surface area contributed by atoms with Gasteiger partial charge in [0.25, 0.3) is 5.91 Å². The maximum Gasteiger partial charge on any atom is 0.272 e. The van der Waals surface area contributed by atoms with Crippen LogP contribution in [-0.2, 0) is 0 Å². The SMILES string of the molecule is CNC1CCCN(C(=O)c2ccnc(N3CCCCC3)n2)C1. The number of amides is 1. The molecule has 22 heavy (non-hydrogen) atoms. The minimum absolute atomic E-state index is 0.0283. The van der Waals surface area contributed by atoms with E-state index in [1.807, 2.05) is 11.9 Å². The second-order valence-corrected chi connectivity index (χ2v) is 6.17. The number of rotatable bonds is 3. The number of likely N-dealkylation sites (tertiary alicyclic amines) is 1. The lowest BCUT2D eigenvalue weighted by molar-refractivity contribution is 0.0692. The van der Waals surface area contributed by atoms with E-state index in [1.165, 1.54) is 19.3 Å². The molecule has 0 bridgehead atoms. The topological polar surface area (TPSA) is 61.4 Å². The summed E-state index contributed by atoms with van der Waals surface area (Å²) in [6.45, 7) is 3.56. The molecule has 1 unspecified atom stereocenters. The van der Waals surface area contributed by atoms with Crippen molar-refractivity contribution in [1.82, 2.24) is 20.2 Å². The van der Waals surface area contributed by atoms with Gasteiger partial charge >= 0.3 is 0 Å². The molecule has 0 radical (unpaired) electrons. The summed E-state index contributed by atoms with van der Waals surface area (Å²) in [5.74, 6) is 0.730. The van der Waals surface area contributed by atoms with Gasteiger partial charge in [0.05, 0.1) is 0 Å². The van der Waals surface area contributed by atoms with Gasteiger partial charge < -0.3 is 15.1 Å². The van der Waals surface area contributed by atoms with Gasteiger partial charge in [-0.1, -0.05) is 0 Å². The van der Waals surface area contributed by atoms with Gasteiger partial charge in [0, 0.05) is 38.4 Å². The lowest BCUT2D eigenvalue weighted by Gasteiger charge is -2.32. The Kier molecular flexibility index (Phi) is 4.87. The number of anilines is 1. The van der Waals surface area contributed by atoms with E-state index < -0.39 is 0 Å². The monoisotopic (exact) mass is 303 g/mol. The fraction of sp³-hybridized carbons (Fsp3) is 0.688. The van der Waals surface area contributed by atoms with Crippen LogP contribution in [-0.4, -0.2) is 60.0 Å². The van der Waals surface area contributed by atoms with Crippen molar-refractivity contribution >= 4 is 11.9 Å². The summed E-state index contributed by atoms with van der Waals surface area (Å²) in [5.41, 5.74) is 0.521. The normalized spacial score (nSPS) is 22.7. The van der Waals surface area contributed by atoms with Gasteiger partial charge in [-0.15, -0.1) is 0 Å². The average molecular weight is 303 g/mol. The van der Waals surface area contributed by atoms with Gasteiger partial charge in [-0.05, 0) is 45.2 Å². The maximum atomic E-state index is 12.7. The second-order valence-electron chi connectivity index (χ2n) is 6.17.